The smallest absolute Gasteiger partial charge is 0.487 e. The summed E-state index contributed by atoms with van der Waals surface area (Å²) in [5, 5.41) is 10.9. The number of halogens is 5. The van der Waals surface area contributed by atoms with Crippen LogP contribution in [0.5, 0.6) is 5.75 Å². The predicted molar refractivity (Wildman–Crippen MR) is 113 cm³/mol. The Hall–Kier alpha value is -3.30. The quantitative estimate of drug-likeness (QED) is 0.471. The molecule has 0 saturated carbocycles. The first kappa shape index (κ1) is 25.0. The number of aliphatic carboxylic acids is 1. The fraction of sp³-hybridized carbons (Fsp3) is 0.0952. The van der Waals surface area contributed by atoms with Crippen LogP contribution in [-0.2, 0) is 11.4 Å². The van der Waals surface area contributed by atoms with Crippen molar-refractivity contribution in [1.82, 2.24) is 4.98 Å². The fourth-order valence-corrected chi connectivity index (χ4v) is 2.53. The van der Waals surface area contributed by atoms with E-state index in [0.717, 1.165) is 5.56 Å². The number of ether oxygens (including phenoxy) is 1. The Morgan fingerprint density at radius 3 is 2.41 bits per heavy atom. The molecule has 0 unspecified atom stereocenters. The summed E-state index contributed by atoms with van der Waals surface area (Å²) in [5.74, 6) is -2.47. The summed E-state index contributed by atoms with van der Waals surface area (Å²) >= 11 is 12.0. The highest BCUT2D eigenvalue weighted by atomic mass is 35.5. The number of aromatic nitrogens is 1. The van der Waals surface area contributed by atoms with Gasteiger partial charge < -0.3 is 15.2 Å². The monoisotopic (exact) mass is 486 g/mol. The Morgan fingerprint density at radius 1 is 1.06 bits per heavy atom. The molecule has 168 valence electrons. The van der Waals surface area contributed by atoms with Crippen LogP contribution < -0.4 is 10.1 Å². The first-order chi connectivity index (χ1) is 15.1. The van der Waals surface area contributed by atoms with Crippen LogP contribution in [0.15, 0.2) is 67.0 Å². The van der Waals surface area contributed by atoms with Gasteiger partial charge in [0.05, 0.1) is 16.9 Å². The van der Waals surface area contributed by atoms with E-state index in [-0.39, 0.29) is 12.5 Å². The minimum Gasteiger partial charge on any atom is -0.487 e. The Balaban J connectivity index is 0.000000451. The predicted octanol–water partition coefficient (Wildman–Crippen LogP) is 5.85. The Kier molecular flexibility index (Phi) is 8.86. The number of rotatable bonds is 5. The lowest BCUT2D eigenvalue weighted by Gasteiger charge is -2.10. The molecule has 0 fully saturated rings. The summed E-state index contributed by atoms with van der Waals surface area (Å²) in [6.45, 7) is 0.272. The van der Waals surface area contributed by atoms with Gasteiger partial charge in [-0.05, 0) is 42.0 Å². The Labute approximate surface area is 190 Å². The van der Waals surface area contributed by atoms with Gasteiger partial charge in [-0.25, -0.2) is 4.79 Å². The number of amides is 1. The van der Waals surface area contributed by atoms with Gasteiger partial charge in [-0.1, -0.05) is 35.3 Å². The summed E-state index contributed by atoms with van der Waals surface area (Å²) in [6.07, 6.45) is -1.85. The standard InChI is InChI=1S/C19H14Cl2N2O2.C2HF3O2/c20-15-6-7-17(21)18(10-15)25-12-13-3-1-4-14(9-13)19(24)23-16-5-2-8-22-11-16;3-2(4,5)1(6)7/h1-11H,12H2,(H,23,24);(H,6,7). The van der Waals surface area contributed by atoms with E-state index in [9.17, 15) is 18.0 Å². The normalized spacial score (nSPS) is 10.5. The van der Waals surface area contributed by atoms with Gasteiger partial charge in [0.1, 0.15) is 12.4 Å². The van der Waals surface area contributed by atoms with Gasteiger partial charge in [0.15, 0.2) is 0 Å². The minimum atomic E-state index is -5.08. The molecule has 3 rings (SSSR count). The first-order valence-electron chi connectivity index (χ1n) is 8.74. The number of hydrogen-bond donors (Lipinski definition) is 2. The summed E-state index contributed by atoms with van der Waals surface area (Å²) in [4.78, 5) is 25.2. The number of anilines is 1. The molecule has 0 spiro atoms. The average Bonchev–Trinajstić information content (AvgIpc) is 2.75. The number of alkyl halides is 3. The second-order valence-electron chi connectivity index (χ2n) is 6.06. The van der Waals surface area contributed by atoms with E-state index in [1.54, 1.807) is 60.9 Å². The zero-order valence-electron chi connectivity index (χ0n) is 16.1. The third-order valence-electron chi connectivity index (χ3n) is 3.64. The molecule has 11 heteroatoms. The third-order valence-corrected chi connectivity index (χ3v) is 4.19. The lowest BCUT2D eigenvalue weighted by molar-refractivity contribution is -0.192. The van der Waals surface area contributed by atoms with Crippen molar-refractivity contribution < 1.29 is 32.6 Å². The number of benzene rings is 2. The van der Waals surface area contributed by atoms with Crippen molar-refractivity contribution in [2.75, 3.05) is 5.32 Å². The molecule has 1 amide bonds. The van der Waals surface area contributed by atoms with E-state index in [0.29, 0.717) is 27.0 Å². The van der Waals surface area contributed by atoms with E-state index in [2.05, 4.69) is 10.3 Å². The Bertz CT molecular complexity index is 1080. The number of carboxylic acids is 1. The van der Waals surface area contributed by atoms with Crippen molar-refractivity contribution in [3.8, 4) is 5.75 Å². The molecule has 0 bridgehead atoms. The second kappa shape index (κ2) is 11.4. The van der Waals surface area contributed by atoms with Crippen molar-refractivity contribution >= 4 is 40.8 Å². The van der Waals surface area contributed by atoms with Gasteiger partial charge in [-0.15, -0.1) is 0 Å². The summed E-state index contributed by atoms with van der Waals surface area (Å²) in [6, 6.07) is 15.7. The maximum Gasteiger partial charge on any atom is 0.490 e. The first-order valence-corrected chi connectivity index (χ1v) is 9.50. The molecule has 0 aliphatic carbocycles. The van der Waals surface area contributed by atoms with E-state index >= 15 is 0 Å². The summed E-state index contributed by atoms with van der Waals surface area (Å²) in [7, 11) is 0. The fourth-order valence-electron chi connectivity index (χ4n) is 2.19. The maximum absolute atomic E-state index is 12.3. The molecule has 0 saturated heterocycles. The molecule has 0 aliphatic heterocycles. The molecule has 1 aromatic heterocycles. The van der Waals surface area contributed by atoms with Crippen molar-refractivity contribution in [2.24, 2.45) is 0 Å². The van der Waals surface area contributed by atoms with Crippen LogP contribution in [0.4, 0.5) is 18.9 Å². The number of nitrogens with zero attached hydrogens (tertiary/aromatic N) is 1. The number of carboxylic acid groups (broad SMARTS) is 1. The number of hydrogen-bond acceptors (Lipinski definition) is 4. The zero-order chi connectivity index (χ0) is 23.7. The molecule has 32 heavy (non-hydrogen) atoms. The topological polar surface area (TPSA) is 88.5 Å². The third kappa shape index (κ3) is 8.09. The molecule has 2 aromatic carbocycles. The summed E-state index contributed by atoms with van der Waals surface area (Å²) in [5.41, 5.74) is 2.01. The average molecular weight is 487 g/mol. The van der Waals surface area contributed by atoms with Crippen LogP contribution in [-0.4, -0.2) is 28.1 Å². The number of pyridine rings is 1. The minimum absolute atomic E-state index is 0.212. The molecule has 0 aliphatic rings. The van der Waals surface area contributed by atoms with Gasteiger partial charge in [0.25, 0.3) is 5.91 Å². The van der Waals surface area contributed by atoms with Gasteiger partial charge >= 0.3 is 12.1 Å². The van der Waals surface area contributed by atoms with Crippen molar-refractivity contribution in [3.05, 3.63) is 88.2 Å². The number of nitrogens with one attached hydrogen (secondary N) is 1. The lowest BCUT2D eigenvalue weighted by Crippen LogP contribution is -2.21. The van der Waals surface area contributed by atoms with Gasteiger partial charge in [0.2, 0.25) is 0 Å². The van der Waals surface area contributed by atoms with Gasteiger partial charge in [-0.3, -0.25) is 9.78 Å². The molecular formula is C21H15Cl2F3N2O4. The van der Waals surface area contributed by atoms with Crippen molar-refractivity contribution in [3.63, 3.8) is 0 Å². The molecule has 0 atom stereocenters. The molecule has 3 aromatic rings. The molecule has 0 radical (unpaired) electrons. The van der Waals surface area contributed by atoms with Crippen molar-refractivity contribution in [2.45, 2.75) is 12.8 Å². The number of carbonyl (C=O) groups excluding carboxylic acids is 1. The van der Waals surface area contributed by atoms with Crippen LogP contribution in [0.25, 0.3) is 0 Å². The van der Waals surface area contributed by atoms with E-state index in [1.807, 2.05) is 6.07 Å². The van der Waals surface area contributed by atoms with E-state index in [1.165, 1.54) is 0 Å². The molecule has 6 nitrogen and oxygen atoms in total. The SMILES string of the molecule is O=C(Nc1cccnc1)c1cccc(COc2cc(Cl)ccc2Cl)c1.O=C(O)C(F)(F)F. The molecule has 1 heterocycles. The van der Waals surface area contributed by atoms with Crippen molar-refractivity contribution in [1.29, 1.82) is 0 Å². The van der Waals surface area contributed by atoms with Crippen LogP contribution in [0.1, 0.15) is 15.9 Å². The lowest BCUT2D eigenvalue weighted by atomic mass is 10.1. The zero-order valence-corrected chi connectivity index (χ0v) is 17.6. The molecular weight excluding hydrogens is 472 g/mol. The van der Waals surface area contributed by atoms with Gasteiger partial charge in [-0.2, -0.15) is 13.2 Å². The maximum atomic E-state index is 12.3. The Morgan fingerprint density at radius 2 is 1.78 bits per heavy atom. The van der Waals surface area contributed by atoms with Crippen LogP contribution >= 0.6 is 23.2 Å². The van der Waals surface area contributed by atoms with Gasteiger partial charge in [0, 0.05) is 22.8 Å². The number of carbonyl (C=O) groups is 2. The van der Waals surface area contributed by atoms with E-state index < -0.39 is 12.1 Å². The van der Waals surface area contributed by atoms with Crippen LogP contribution in [0.2, 0.25) is 10.0 Å². The van der Waals surface area contributed by atoms with Crippen LogP contribution in [0, 0.1) is 0 Å². The highest BCUT2D eigenvalue weighted by molar-refractivity contribution is 6.34. The molecule has 2 N–H and O–H groups in total. The highest BCUT2D eigenvalue weighted by Crippen LogP contribution is 2.28. The summed E-state index contributed by atoms with van der Waals surface area (Å²) < 4.78 is 37.4. The highest BCUT2D eigenvalue weighted by Gasteiger charge is 2.38. The second-order valence-corrected chi connectivity index (χ2v) is 6.91. The van der Waals surface area contributed by atoms with Crippen LogP contribution in [0.3, 0.4) is 0 Å². The largest absolute Gasteiger partial charge is 0.490 e. The van der Waals surface area contributed by atoms with E-state index in [4.69, 9.17) is 37.8 Å².